The molecule has 0 saturated carbocycles. The lowest BCUT2D eigenvalue weighted by atomic mass is 9.76. The van der Waals surface area contributed by atoms with Crippen LogP contribution in [0.1, 0.15) is 30.0 Å². The van der Waals surface area contributed by atoms with Crippen LogP contribution < -0.4 is 0 Å². The highest BCUT2D eigenvalue weighted by Crippen LogP contribution is 2.49. The Morgan fingerprint density at radius 3 is 1.54 bits per heavy atom. The molecular weight excluding hydrogens is 318 g/mol. The highest BCUT2D eigenvalue weighted by Gasteiger charge is 2.54. The standard InChI is InChI=1S/C24H25NO/c1-2-23(26)22-18-25(22)24(19-12-6-3-7-13-19,20-14-8-4-9-15-20)21-16-10-5-11-17-21/h3-17,22-23,26H,2,18H2,1H3. The number of hydrogen-bond donors (Lipinski definition) is 1. The van der Waals surface area contributed by atoms with Gasteiger partial charge in [-0.25, -0.2) is 0 Å². The third-order valence-electron chi connectivity index (χ3n) is 5.52. The molecule has 3 aromatic rings. The number of hydrogen-bond acceptors (Lipinski definition) is 2. The molecule has 1 fully saturated rings. The Hall–Kier alpha value is -2.42. The first-order valence-electron chi connectivity index (χ1n) is 9.40. The zero-order valence-electron chi connectivity index (χ0n) is 15.1. The molecule has 0 spiro atoms. The van der Waals surface area contributed by atoms with Crippen LogP contribution in [0.2, 0.25) is 0 Å². The van der Waals surface area contributed by atoms with Crippen LogP contribution in [-0.4, -0.2) is 28.7 Å². The van der Waals surface area contributed by atoms with Crippen LogP contribution in [0.25, 0.3) is 0 Å². The molecule has 1 heterocycles. The van der Waals surface area contributed by atoms with Gasteiger partial charge >= 0.3 is 0 Å². The molecule has 132 valence electrons. The van der Waals surface area contributed by atoms with Gasteiger partial charge in [0.2, 0.25) is 0 Å². The van der Waals surface area contributed by atoms with Crippen LogP contribution in [0, 0.1) is 0 Å². The summed E-state index contributed by atoms with van der Waals surface area (Å²) < 4.78 is 0. The van der Waals surface area contributed by atoms with E-state index >= 15 is 0 Å². The molecule has 2 nitrogen and oxygen atoms in total. The third-order valence-corrected chi connectivity index (χ3v) is 5.52. The molecule has 0 aromatic heterocycles. The Bertz CT molecular complexity index is 735. The summed E-state index contributed by atoms with van der Waals surface area (Å²) in [6, 6.07) is 32.2. The van der Waals surface area contributed by atoms with E-state index in [2.05, 4.69) is 103 Å². The molecule has 2 heteroatoms. The minimum atomic E-state index is -0.384. The summed E-state index contributed by atoms with van der Waals surface area (Å²) in [6.07, 6.45) is 0.473. The van der Waals surface area contributed by atoms with Crippen LogP contribution in [-0.2, 0) is 5.54 Å². The summed E-state index contributed by atoms with van der Waals surface area (Å²) >= 11 is 0. The molecule has 1 N–H and O–H groups in total. The first-order valence-corrected chi connectivity index (χ1v) is 9.40. The van der Waals surface area contributed by atoms with Gasteiger partial charge in [0.1, 0.15) is 0 Å². The SMILES string of the molecule is CCC(O)C1CN1C(c1ccccc1)(c1ccccc1)c1ccccc1. The maximum absolute atomic E-state index is 10.5. The van der Waals surface area contributed by atoms with Crippen molar-refractivity contribution in [2.24, 2.45) is 0 Å². The molecule has 1 aliphatic heterocycles. The van der Waals surface area contributed by atoms with E-state index in [-0.39, 0.29) is 17.7 Å². The Morgan fingerprint density at radius 2 is 1.19 bits per heavy atom. The van der Waals surface area contributed by atoms with Gasteiger partial charge in [0, 0.05) is 12.6 Å². The van der Waals surface area contributed by atoms with Gasteiger partial charge in [-0.15, -0.1) is 0 Å². The fourth-order valence-corrected chi connectivity index (χ4v) is 4.18. The lowest BCUT2D eigenvalue weighted by Crippen LogP contribution is -2.40. The fraction of sp³-hybridized carbons (Fsp3) is 0.250. The minimum absolute atomic E-state index is 0.181. The fourth-order valence-electron chi connectivity index (χ4n) is 4.18. The summed E-state index contributed by atoms with van der Waals surface area (Å²) in [6.45, 7) is 2.95. The molecule has 0 aliphatic carbocycles. The van der Waals surface area contributed by atoms with Gasteiger partial charge < -0.3 is 5.11 Å². The van der Waals surface area contributed by atoms with E-state index in [1.54, 1.807) is 0 Å². The van der Waals surface area contributed by atoms with Crippen molar-refractivity contribution in [2.45, 2.75) is 31.0 Å². The Labute approximate surface area is 155 Å². The second-order valence-electron chi connectivity index (χ2n) is 7.00. The Balaban J connectivity index is 1.96. The largest absolute Gasteiger partial charge is 0.391 e. The van der Waals surface area contributed by atoms with Crippen molar-refractivity contribution in [3.63, 3.8) is 0 Å². The molecule has 3 atom stereocenters. The maximum Gasteiger partial charge on any atom is 0.0977 e. The van der Waals surface area contributed by atoms with Crippen LogP contribution in [0.5, 0.6) is 0 Å². The zero-order valence-corrected chi connectivity index (χ0v) is 15.1. The van der Waals surface area contributed by atoms with Gasteiger partial charge in [-0.2, -0.15) is 0 Å². The molecule has 0 radical (unpaired) electrons. The van der Waals surface area contributed by atoms with Crippen molar-refractivity contribution >= 4 is 0 Å². The molecule has 0 amide bonds. The lowest BCUT2D eigenvalue weighted by molar-refractivity contribution is 0.136. The van der Waals surface area contributed by atoms with Crippen molar-refractivity contribution in [3.05, 3.63) is 108 Å². The molecule has 26 heavy (non-hydrogen) atoms. The van der Waals surface area contributed by atoms with Crippen molar-refractivity contribution in [1.82, 2.24) is 4.90 Å². The van der Waals surface area contributed by atoms with E-state index in [4.69, 9.17) is 0 Å². The van der Waals surface area contributed by atoms with Crippen LogP contribution in [0.3, 0.4) is 0 Å². The lowest BCUT2D eigenvalue weighted by Gasteiger charge is -2.38. The summed E-state index contributed by atoms with van der Waals surface area (Å²) in [7, 11) is 0. The van der Waals surface area contributed by atoms with Gasteiger partial charge in [-0.3, -0.25) is 4.90 Å². The minimum Gasteiger partial charge on any atom is -0.391 e. The van der Waals surface area contributed by atoms with E-state index in [0.29, 0.717) is 0 Å². The highest BCUT2D eigenvalue weighted by atomic mass is 16.3. The maximum atomic E-state index is 10.5. The second kappa shape index (κ2) is 7.06. The van der Waals surface area contributed by atoms with E-state index in [1.165, 1.54) is 16.7 Å². The second-order valence-corrected chi connectivity index (χ2v) is 7.00. The molecule has 3 unspecified atom stereocenters. The third kappa shape index (κ3) is 2.76. The van der Waals surface area contributed by atoms with E-state index in [0.717, 1.165) is 13.0 Å². The van der Waals surface area contributed by atoms with Crippen LogP contribution >= 0.6 is 0 Å². The van der Waals surface area contributed by atoms with Gasteiger partial charge in [0.25, 0.3) is 0 Å². The van der Waals surface area contributed by atoms with E-state index < -0.39 is 0 Å². The summed E-state index contributed by atoms with van der Waals surface area (Å²) in [4.78, 5) is 2.45. The summed E-state index contributed by atoms with van der Waals surface area (Å²) in [5, 5.41) is 10.5. The summed E-state index contributed by atoms with van der Waals surface area (Å²) in [5.41, 5.74) is 3.33. The van der Waals surface area contributed by atoms with Gasteiger partial charge in [0.05, 0.1) is 11.6 Å². The molecule has 1 aliphatic rings. The molecule has 1 saturated heterocycles. The number of aliphatic hydroxyl groups excluding tert-OH is 1. The topological polar surface area (TPSA) is 23.2 Å². The number of benzene rings is 3. The van der Waals surface area contributed by atoms with Gasteiger partial charge in [-0.1, -0.05) is 97.9 Å². The smallest absolute Gasteiger partial charge is 0.0977 e. The molecule has 4 rings (SSSR count). The van der Waals surface area contributed by atoms with Crippen LogP contribution in [0.15, 0.2) is 91.0 Å². The van der Waals surface area contributed by atoms with Crippen molar-refractivity contribution in [3.8, 4) is 0 Å². The van der Waals surface area contributed by atoms with Gasteiger partial charge in [-0.05, 0) is 23.1 Å². The zero-order chi connectivity index (χ0) is 18.0. The van der Waals surface area contributed by atoms with Crippen molar-refractivity contribution in [1.29, 1.82) is 0 Å². The first-order chi connectivity index (χ1) is 12.8. The Morgan fingerprint density at radius 1 is 0.808 bits per heavy atom. The van der Waals surface area contributed by atoms with Gasteiger partial charge in [0.15, 0.2) is 0 Å². The molecule has 3 aromatic carbocycles. The van der Waals surface area contributed by atoms with Crippen molar-refractivity contribution < 1.29 is 5.11 Å². The monoisotopic (exact) mass is 343 g/mol. The number of nitrogens with zero attached hydrogens (tertiary/aromatic N) is 1. The predicted molar refractivity (Wildman–Crippen MR) is 106 cm³/mol. The number of rotatable bonds is 6. The normalized spacial score (nSPS) is 20.5. The summed E-state index contributed by atoms with van der Waals surface area (Å²) in [5.74, 6) is 0. The van der Waals surface area contributed by atoms with E-state index in [9.17, 15) is 5.11 Å². The Kier molecular flexibility index (Phi) is 4.62. The average molecular weight is 343 g/mol. The molecule has 0 bridgehead atoms. The first kappa shape index (κ1) is 17.0. The highest BCUT2D eigenvalue weighted by molar-refractivity contribution is 5.51. The average Bonchev–Trinajstić information content (AvgIpc) is 3.52. The number of aliphatic hydroxyl groups is 1. The van der Waals surface area contributed by atoms with Crippen LogP contribution in [0.4, 0.5) is 0 Å². The van der Waals surface area contributed by atoms with Crippen molar-refractivity contribution in [2.75, 3.05) is 6.54 Å². The van der Waals surface area contributed by atoms with E-state index in [1.807, 2.05) is 0 Å². The quantitative estimate of drug-likeness (QED) is 0.528. The molecular formula is C24H25NO. The predicted octanol–water partition coefficient (Wildman–Crippen LogP) is 4.43.